The summed E-state index contributed by atoms with van der Waals surface area (Å²) in [6.45, 7) is 0.600. The summed E-state index contributed by atoms with van der Waals surface area (Å²) in [6.07, 6.45) is 3.95. The molecule has 3 amide bonds. The Hall–Kier alpha value is -2.94. The van der Waals surface area contributed by atoms with E-state index in [0.29, 0.717) is 30.7 Å². The first kappa shape index (κ1) is 24.2. The van der Waals surface area contributed by atoms with Crippen LogP contribution in [-0.4, -0.2) is 53.0 Å². The third kappa shape index (κ3) is 5.75. The van der Waals surface area contributed by atoms with Crippen LogP contribution in [0.25, 0.3) is 10.9 Å². The summed E-state index contributed by atoms with van der Waals surface area (Å²) in [6, 6.07) is 4.27. The molecule has 0 bridgehead atoms. The van der Waals surface area contributed by atoms with Crippen LogP contribution in [0.2, 0.25) is 0 Å². The van der Waals surface area contributed by atoms with Crippen LogP contribution in [0.15, 0.2) is 24.3 Å². The first-order valence-electron chi connectivity index (χ1n) is 11.6. The normalized spacial score (nSPS) is 19.8. The number of hydrogen-bond acceptors (Lipinski definition) is 4. The van der Waals surface area contributed by atoms with Crippen LogP contribution in [0.1, 0.15) is 49.0 Å². The van der Waals surface area contributed by atoms with Gasteiger partial charge < -0.3 is 20.9 Å². The van der Waals surface area contributed by atoms with Gasteiger partial charge in [0.15, 0.2) is 5.78 Å². The van der Waals surface area contributed by atoms with E-state index in [4.69, 9.17) is 11.6 Å². The monoisotopic (exact) mass is 490 g/mol. The highest BCUT2D eigenvalue weighted by atomic mass is 35.5. The van der Waals surface area contributed by atoms with Crippen molar-refractivity contribution < 1.29 is 23.6 Å². The fourth-order valence-electron chi connectivity index (χ4n) is 4.38. The predicted octanol–water partition coefficient (Wildman–Crippen LogP) is 2.41. The van der Waals surface area contributed by atoms with Gasteiger partial charge in [-0.25, -0.2) is 4.39 Å². The molecule has 8 nitrogen and oxygen atoms in total. The maximum absolute atomic E-state index is 14.0. The third-order valence-corrected chi connectivity index (χ3v) is 6.76. The smallest absolute Gasteiger partial charge is 0.268 e. The number of para-hydroxylation sites is 1. The first-order valence-corrected chi connectivity index (χ1v) is 12.1. The van der Waals surface area contributed by atoms with Crippen molar-refractivity contribution in [3.8, 4) is 0 Å². The average Bonchev–Trinajstić information content (AvgIpc) is 3.53. The summed E-state index contributed by atoms with van der Waals surface area (Å²) >= 11 is 5.77. The molecule has 1 aliphatic heterocycles. The molecule has 0 spiro atoms. The van der Waals surface area contributed by atoms with E-state index in [2.05, 4.69) is 20.9 Å². The Labute approximate surface area is 201 Å². The number of aromatic nitrogens is 1. The number of rotatable bonds is 10. The zero-order chi connectivity index (χ0) is 24.2. The van der Waals surface area contributed by atoms with Gasteiger partial charge in [0.1, 0.15) is 17.6 Å². The Balaban J connectivity index is 1.46. The Morgan fingerprint density at radius 1 is 1.12 bits per heavy atom. The van der Waals surface area contributed by atoms with E-state index in [1.807, 2.05) is 0 Å². The van der Waals surface area contributed by atoms with E-state index in [-0.39, 0.29) is 41.1 Å². The summed E-state index contributed by atoms with van der Waals surface area (Å²) in [5.41, 5.74) is 0.357. The second kappa shape index (κ2) is 10.5. The molecule has 1 aliphatic carbocycles. The molecule has 1 aromatic heterocycles. The Kier molecular flexibility index (Phi) is 7.50. The number of piperidine rings is 1. The predicted molar refractivity (Wildman–Crippen MR) is 125 cm³/mol. The quantitative estimate of drug-likeness (QED) is 0.382. The van der Waals surface area contributed by atoms with E-state index >= 15 is 0 Å². The molecule has 4 N–H and O–H groups in total. The zero-order valence-corrected chi connectivity index (χ0v) is 19.4. The number of Topliss-reactive ketones (excluding diaryl/α,β-unsaturated/α-hetero) is 1. The van der Waals surface area contributed by atoms with Crippen LogP contribution >= 0.6 is 11.6 Å². The summed E-state index contributed by atoms with van der Waals surface area (Å²) < 4.78 is 14.0. The minimum atomic E-state index is -0.917. The SMILES string of the molecule is O=C(NC(CC1CC1)C(=O)NC(C[C@@H]1CCCNC1=O)C(=O)CCl)c1cc2cccc(F)c2[nH]1. The number of alkyl halides is 1. The summed E-state index contributed by atoms with van der Waals surface area (Å²) in [5, 5.41) is 8.78. The fourth-order valence-corrected chi connectivity index (χ4v) is 4.56. The molecule has 10 heteroatoms. The number of nitrogens with one attached hydrogen (secondary N) is 4. The number of benzene rings is 1. The average molecular weight is 491 g/mol. The highest BCUT2D eigenvalue weighted by molar-refractivity contribution is 6.28. The van der Waals surface area contributed by atoms with Crippen LogP contribution in [0, 0.1) is 17.7 Å². The van der Waals surface area contributed by atoms with E-state index in [1.165, 1.54) is 12.1 Å². The van der Waals surface area contributed by atoms with Crippen LogP contribution < -0.4 is 16.0 Å². The van der Waals surface area contributed by atoms with Crippen molar-refractivity contribution in [1.29, 1.82) is 0 Å². The summed E-state index contributed by atoms with van der Waals surface area (Å²) in [7, 11) is 0. The number of H-pyrrole nitrogens is 1. The molecule has 4 rings (SSSR count). The summed E-state index contributed by atoms with van der Waals surface area (Å²) in [5.74, 6) is -2.40. The van der Waals surface area contributed by atoms with E-state index in [9.17, 15) is 23.6 Å². The van der Waals surface area contributed by atoms with Crippen molar-refractivity contribution in [2.75, 3.05) is 12.4 Å². The van der Waals surface area contributed by atoms with Gasteiger partial charge in [0.25, 0.3) is 5.91 Å². The zero-order valence-electron chi connectivity index (χ0n) is 18.7. The van der Waals surface area contributed by atoms with Gasteiger partial charge in [-0.05, 0) is 43.7 Å². The number of amides is 3. The Bertz CT molecular complexity index is 1100. The Morgan fingerprint density at radius 3 is 2.59 bits per heavy atom. The van der Waals surface area contributed by atoms with Gasteiger partial charge in [0.2, 0.25) is 11.8 Å². The minimum absolute atomic E-state index is 0.137. The molecule has 1 saturated heterocycles. The van der Waals surface area contributed by atoms with Gasteiger partial charge in [-0.15, -0.1) is 11.6 Å². The highest BCUT2D eigenvalue weighted by Crippen LogP contribution is 2.33. The number of carbonyl (C=O) groups is 4. The lowest BCUT2D eigenvalue weighted by atomic mass is 9.90. The molecule has 182 valence electrons. The minimum Gasteiger partial charge on any atom is -0.356 e. The lowest BCUT2D eigenvalue weighted by molar-refractivity contribution is -0.131. The second-order valence-corrected chi connectivity index (χ2v) is 9.39. The molecular weight excluding hydrogens is 463 g/mol. The van der Waals surface area contributed by atoms with Crippen molar-refractivity contribution in [1.82, 2.24) is 20.9 Å². The number of fused-ring (bicyclic) bond motifs is 1. The van der Waals surface area contributed by atoms with Gasteiger partial charge in [-0.2, -0.15) is 0 Å². The van der Waals surface area contributed by atoms with E-state index in [0.717, 1.165) is 19.3 Å². The lowest BCUT2D eigenvalue weighted by Crippen LogP contribution is -2.53. The van der Waals surface area contributed by atoms with Crippen molar-refractivity contribution >= 4 is 46.0 Å². The van der Waals surface area contributed by atoms with Crippen molar-refractivity contribution in [3.05, 3.63) is 35.8 Å². The van der Waals surface area contributed by atoms with Gasteiger partial charge >= 0.3 is 0 Å². The van der Waals surface area contributed by atoms with Crippen molar-refractivity contribution in [3.63, 3.8) is 0 Å². The van der Waals surface area contributed by atoms with Gasteiger partial charge in [-0.1, -0.05) is 25.0 Å². The third-order valence-electron chi connectivity index (χ3n) is 6.49. The molecule has 2 aliphatic rings. The topological polar surface area (TPSA) is 120 Å². The molecule has 2 unspecified atom stereocenters. The van der Waals surface area contributed by atoms with Crippen molar-refractivity contribution in [2.45, 2.75) is 50.6 Å². The second-order valence-electron chi connectivity index (χ2n) is 9.12. The number of hydrogen-bond donors (Lipinski definition) is 4. The standard InChI is InChI=1S/C24H28ClFN4O4/c25-12-20(31)17(11-15-4-2-8-27-22(15)32)29-23(33)18(9-13-6-7-13)30-24(34)19-10-14-3-1-5-16(26)21(14)28-19/h1,3,5,10,13,15,17-18,28H,2,4,6-9,11-12H2,(H,27,32)(H,29,33)(H,30,34)/t15-,17?,18?/m0/s1. The molecule has 0 radical (unpaired) electrons. The molecule has 1 saturated carbocycles. The highest BCUT2D eigenvalue weighted by Gasteiger charge is 2.34. The molecular formula is C24H28ClFN4O4. The molecule has 34 heavy (non-hydrogen) atoms. The van der Waals surface area contributed by atoms with E-state index < -0.39 is 29.7 Å². The molecule has 1 aromatic carbocycles. The Morgan fingerprint density at radius 2 is 1.91 bits per heavy atom. The van der Waals surface area contributed by atoms with Crippen molar-refractivity contribution in [2.24, 2.45) is 11.8 Å². The molecule has 3 atom stereocenters. The van der Waals surface area contributed by atoms with Crippen LogP contribution in [0.5, 0.6) is 0 Å². The van der Waals surface area contributed by atoms with Gasteiger partial charge in [0, 0.05) is 17.8 Å². The summed E-state index contributed by atoms with van der Waals surface area (Å²) in [4.78, 5) is 53.4. The molecule has 2 fully saturated rings. The van der Waals surface area contributed by atoms with E-state index in [1.54, 1.807) is 12.1 Å². The molecule has 2 heterocycles. The maximum atomic E-state index is 14.0. The van der Waals surface area contributed by atoms with Gasteiger partial charge in [-0.3, -0.25) is 19.2 Å². The number of halogens is 2. The number of ketones is 1. The fraction of sp³-hybridized carbons (Fsp3) is 0.500. The van der Waals surface area contributed by atoms with Crippen LogP contribution in [0.4, 0.5) is 4.39 Å². The van der Waals surface area contributed by atoms with Crippen LogP contribution in [0.3, 0.4) is 0 Å². The van der Waals surface area contributed by atoms with Crippen LogP contribution in [-0.2, 0) is 14.4 Å². The maximum Gasteiger partial charge on any atom is 0.268 e. The first-order chi connectivity index (χ1) is 16.4. The van der Waals surface area contributed by atoms with Gasteiger partial charge in [0.05, 0.1) is 17.4 Å². The molecule has 2 aromatic rings. The number of aromatic amines is 1. The largest absolute Gasteiger partial charge is 0.356 e. The lowest BCUT2D eigenvalue weighted by Gasteiger charge is -2.27. The number of carbonyl (C=O) groups excluding carboxylic acids is 4.